The number of carboxylic acids is 1. The van der Waals surface area contributed by atoms with E-state index in [-0.39, 0.29) is 24.1 Å². The van der Waals surface area contributed by atoms with E-state index < -0.39 is 5.97 Å². The number of hydrogen-bond acceptors (Lipinski definition) is 3. The molecule has 21 heavy (non-hydrogen) atoms. The third kappa shape index (κ3) is 7.39. The predicted octanol–water partition coefficient (Wildman–Crippen LogP) is 3.14. The fraction of sp³-hybridized carbons (Fsp3) is 0.467. The average molecular weight is 330 g/mol. The summed E-state index contributed by atoms with van der Waals surface area (Å²) in [5.74, 6) is 0.0645. The van der Waals surface area contributed by atoms with Gasteiger partial charge in [0, 0.05) is 17.3 Å². The molecule has 0 aliphatic heterocycles. The van der Waals surface area contributed by atoms with Crippen molar-refractivity contribution in [3.63, 3.8) is 0 Å². The maximum atomic E-state index is 12.1. The fourth-order valence-electron chi connectivity index (χ4n) is 1.83. The van der Waals surface area contributed by atoms with Crippen LogP contribution in [0.5, 0.6) is 0 Å². The summed E-state index contributed by atoms with van der Waals surface area (Å²) in [6, 6.07) is 7.49. The number of carboxylic acid groups (broad SMARTS) is 1. The van der Waals surface area contributed by atoms with Crippen molar-refractivity contribution in [2.75, 3.05) is 18.8 Å². The van der Waals surface area contributed by atoms with Gasteiger partial charge in [0.15, 0.2) is 0 Å². The van der Waals surface area contributed by atoms with Crippen molar-refractivity contribution in [1.82, 2.24) is 4.90 Å². The molecule has 4 nitrogen and oxygen atoms in total. The Hall–Kier alpha value is -1.20. The molecule has 0 bridgehead atoms. The number of halogens is 1. The first-order valence-corrected chi connectivity index (χ1v) is 8.23. The number of carbonyl (C=O) groups is 2. The molecule has 1 rings (SSSR count). The van der Waals surface area contributed by atoms with E-state index in [4.69, 9.17) is 16.7 Å². The van der Waals surface area contributed by atoms with Crippen molar-refractivity contribution in [2.45, 2.75) is 19.6 Å². The fourth-order valence-corrected chi connectivity index (χ4v) is 2.92. The second kappa shape index (κ2) is 8.95. The van der Waals surface area contributed by atoms with Crippen LogP contribution in [0.15, 0.2) is 24.3 Å². The van der Waals surface area contributed by atoms with Gasteiger partial charge >= 0.3 is 5.97 Å². The number of thioether (sulfide) groups is 1. The summed E-state index contributed by atoms with van der Waals surface area (Å²) in [6.45, 7) is 4.14. The lowest BCUT2D eigenvalue weighted by Crippen LogP contribution is -2.39. The van der Waals surface area contributed by atoms with Gasteiger partial charge in [-0.1, -0.05) is 37.6 Å². The van der Waals surface area contributed by atoms with Crippen LogP contribution in [0.25, 0.3) is 0 Å². The van der Waals surface area contributed by atoms with Crippen LogP contribution in [0.3, 0.4) is 0 Å². The number of carbonyl (C=O) groups excluding carboxylic acids is 1. The van der Waals surface area contributed by atoms with Gasteiger partial charge in [-0.05, 0) is 23.6 Å². The zero-order valence-corrected chi connectivity index (χ0v) is 13.8. The molecule has 0 fully saturated rings. The molecule has 116 valence electrons. The van der Waals surface area contributed by atoms with Crippen molar-refractivity contribution in [2.24, 2.45) is 5.92 Å². The monoisotopic (exact) mass is 329 g/mol. The van der Waals surface area contributed by atoms with E-state index in [0.29, 0.717) is 17.3 Å². The van der Waals surface area contributed by atoms with Crippen LogP contribution in [0.1, 0.15) is 19.4 Å². The third-order valence-electron chi connectivity index (χ3n) is 2.65. The Balaban J connectivity index is 2.47. The molecule has 1 N–H and O–H groups in total. The topological polar surface area (TPSA) is 57.6 Å². The van der Waals surface area contributed by atoms with Crippen molar-refractivity contribution < 1.29 is 14.7 Å². The average Bonchev–Trinajstić information content (AvgIpc) is 2.36. The highest BCUT2D eigenvalue weighted by Gasteiger charge is 2.17. The minimum atomic E-state index is -0.983. The second-order valence-corrected chi connectivity index (χ2v) is 6.61. The Bertz CT molecular complexity index is 494. The number of amides is 1. The molecule has 0 unspecified atom stereocenters. The minimum Gasteiger partial charge on any atom is -0.480 e. The molecular formula is C15H20ClNO3S. The van der Waals surface area contributed by atoms with Crippen molar-refractivity contribution in [3.8, 4) is 0 Å². The molecule has 0 radical (unpaired) electrons. The number of nitrogens with zero attached hydrogens (tertiary/aromatic N) is 1. The molecule has 0 aliphatic carbocycles. The Morgan fingerprint density at radius 3 is 2.67 bits per heavy atom. The van der Waals surface area contributed by atoms with Gasteiger partial charge in [-0.2, -0.15) is 0 Å². The maximum absolute atomic E-state index is 12.1. The summed E-state index contributed by atoms with van der Waals surface area (Å²) in [4.78, 5) is 24.3. The van der Waals surface area contributed by atoms with Crippen LogP contribution in [0.2, 0.25) is 5.02 Å². The molecule has 0 aromatic heterocycles. The summed E-state index contributed by atoms with van der Waals surface area (Å²) in [5.41, 5.74) is 1.05. The van der Waals surface area contributed by atoms with Crippen LogP contribution in [-0.2, 0) is 15.3 Å². The van der Waals surface area contributed by atoms with Crippen LogP contribution < -0.4 is 0 Å². The van der Waals surface area contributed by atoms with E-state index in [1.165, 1.54) is 16.7 Å². The minimum absolute atomic E-state index is 0.141. The van der Waals surface area contributed by atoms with Gasteiger partial charge in [-0.25, -0.2) is 0 Å². The Morgan fingerprint density at radius 1 is 1.38 bits per heavy atom. The Kier molecular flexibility index (Phi) is 7.61. The molecule has 1 aromatic rings. The quantitative estimate of drug-likeness (QED) is 0.796. The number of hydrogen-bond donors (Lipinski definition) is 1. The number of aliphatic carboxylic acids is 1. The predicted molar refractivity (Wildman–Crippen MR) is 86.7 cm³/mol. The molecule has 0 aliphatic rings. The van der Waals surface area contributed by atoms with Gasteiger partial charge in [-0.3, -0.25) is 9.59 Å². The largest absolute Gasteiger partial charge is 0.480 e. The van der Waals surface area contributed by atoms with Crippen molar-refractivity contribution in [3.05, 3.63) is 34.9 Å². The number of benzene rings is 1. The van der Waals surface area contributed by atoms with Gasteiger partial charge in [-0.15, -0.1) is 11.8 Å². The van der Waals surface area contributed by atoms with Crippen molar-refractivity contribution >= 4 is 35.2 Å². The first-order valence-electron chi connectivity index (χ1n) is 6.70. The van der Waals surface area contributed by atoms with Gasteiger partial charge in [0.05, 0.1) is 5.75 Å². The molecule has 0 heterocycles. The van der Waals surface area contributed by atoms with E-state index in [2.05, 4.69) is 0 Å². The Labute approximate surface area is 134 Å². The van der Waals surface area contributed by atoms with E-state index >= 15 is 0 Å². The zero-order valence-electron chi connectivity index (χ0n) is 12.2. The summed E-state index contributed by atoms with van der Waals surface area (Å²) in [6.07, 6.45) is 0. The van der Waals surface area contributed by atoms with E-state index in [1.54, 1.807) is 6.07 Å². The van der Waals surface area contributed by atoms with Gasteiger partial charge in [0.2, 0.25) is 5.91 Å². The molecule has 0 saturated carbocycles. The second-order valence-electron chi connectivity index (χ2n) is 5.18. The zero-order chi connectivity index (χ0) is 15.8. The molecular weight excluding hydrogens is 310 g/mol. The SMILES string of the molecule is CC(C)CN(CC(=O)O)C(=O)CSCc1cccc(Cl)c1. The van der Waals surface area contributed by atoms with Crippen LogP contribution in [0, 0.1) is 5.92 Å². The molecule has 6 heteroatoms. The highest BCUT2D eigenvalue weighted by molar-refractivity contribution is 7.99. The van der Waals surface area contributed by atoms with Gasteiger partial charge in [0.1, 0.15) is 6.54 Å². The Morgan fingerprint density at radius 2 is 2.10 bits per heavy atom. The standard InChI is InChI=1S/C15H20ClNO3S/c1-11(2)7-17(8-15(19)20)14(18)10-21-9-12-4-3-5-13(16)6-12/h3-6,11H,7-10H2,1-2H3,(H,19,20). The molecule has 1 amide bonds. The molecule has 0 saturated heterocycles. The summed E-state index contributed by atoms with van der Waals surface area (Å²) in [5, 5.41) is 9.54. The lowest BCUT2D eigenvalue weighted by atomic mass is 10.2. The molecule has 0 atom stereocenters. The van der Waals surface area contributed by atoms with E-state index in [9.17, 15) is 9.59 Å². The molecule has 0 spiro atoms. The third-order valence-corrected chi connectivity index (χ3v) is 3.87. The van der Waals surface area contributed by atoms with Gasteiger partial charge < -0.3 is 10.0 Å². The van der Waals surface area contributed by atoms with Crippen LogP contribution in [-0.4, -0.2) is 40.7 Å². The molecule has 1 aromatic carbocycles. The van der Waals surface area contributed by atoms with Crippen molar-refractivity contribution in [1.29, 1.82) is 0 Å². The first kappa shape index (κ1) is 17.9. The number of rotatable bonds is 8. The maximum Gasteiger partial charge on any atom is 0.323 e. The lowest BCUT2D eigenvalue weighted by molar-refractivity contribution is -0.143. The van der Waals surface area contributed by atoms with E-state index in [1.807, 2.05) is 32.0 Å². The highest BCUT2D eigenvalue weighted by Crippen LogP contribution is 2.17. The smallest absolute Gasteiger partial charge is 0.323 e. The summed E-state index contributed by atoms with van der Waals surface area (Å²) in [7, 11) is 0. The summed E-state index contributed by atoms with van der Waals surface area (Å²) < 4.78 is 0. The summed E-state index contributed by atoms with van der Waals surface area (Å²) >= 11 is 7.36. The normalized spacial score (nSPS) is 10.7. The highest BCUT2D eigenvalue weighted by atomic mass is 35.5. The first-order chi connectivity index (χ1) is 9.88. The van der Waals surface area contributed by atoms with Gasteiger partial charge in [0.25, 0.3) is 0 Å². The van der Waals surface area contributed by atoms with Crippen LogP contribution >= 0.6 is 23.4 Å². The van der Waals surface area contributed by atoms with Crippen LogP contribution in [0.4, 0.5) is 0 Å². The lowest BCUT2D eigenvalue weighted by Gasteiger charge is -2.22. The van der Waals surface area contributed by atoms with E-state index in [0.717, 1.165) is 5.56 Å².